The maximum Gasteiger partial charge on any atom is 0.348 e. The number of esters is 1. The molecule has 2 heterocycles. The summed E-state index contributed by atoms with van der Waals surface area (Å²) < 4.78 is 5.03. The van der Waals surface area contributed by atoms with Gasteiger partial charge in [-0.3, -0.25) is 4.79 Å². The Hall–Kier alpha value is -1.63. The standard InChI is InChI=1S/C16H16Cl2N2O3S/c1-4-10-5-13(24-9(10)3)16(22)23-7-14(21)20-15-12(18)6-11(17)8(2)19-15/h5-6H,4,7H2,1-3H3,(H,19,20,21). The number of thiophene rings is 1. The van der Waals surface area contributed by atoms with Crippen LogP contribution in [0.2, 0.25) is 10.0 Å². The Bertz CT molecular complexity index is 790. The van der Waals surface area contributed by atoms with Crippen LogP contribution in [-0.4, -0.2) is 23.5 Å². The summed E-state index contributed by atoms with van der Waals surface area (Å²) in [4.78, 5) is 29.5. The first-order valence-corrected chi connectivity index (χ1v) is 8.78. The number of hydrogen-bond donors (Lipinski definition) is 1. The van der Waals surface area contributed by atoms with Crippen molar-refractivity contribution < 1.29 is 14.3 Å². The first-order valence-electron chi connectivity index (χ1n) is 7.20. The highest BCUT2D eigenvalue weighted by Crippen LogP contribution is 2.25. The van der Waals surface area contributed by atoms with Crippen LogP contribution in [0, 0.1) is 13.8 Å². The van der Waals surface area contributed by atoms with Crippen LogP contribution in [0.1, 0.15) is 32.7 Å². The molecule has 0 bridgehead atoms. The molecule has 128 valence electrons. The van der Waals surface area contributed by atoms with E-state index in [1.165, 1.54) is 17.4 Å². The predicted octanol–water partition coefficient (Wildman–Crippen LogP) is 4.42. The molecule has 0 saturated carbocycles. The van der Waals surface area contributed by atoms with Gasteiger partial charge in [0.25, 0.3) is 5.91 Å². The lowest BCUT2D eigenvalue weighted by atomic mass is 10.2. The van der Waals surface area contributed by atoms with Crippen LogP contribution in [0.15, 0.2) is 12.1 Å². The van der Waals surface area contributed by atoms with Gasteiger partial charge in [-0.2, -0.15) is 0 Å². The fourth-order valence-electron chi connectivity index (χ4n) is 1.99. The molecule has 0 fully saturated rings. The molecule has 0 aliphatic rings. The topological polar surface area (TPSA) is 68.3 Å². The minimum Gasteiger partial charge on any atom is -0.451 e. The van der Waals surface area contributed by atoms with E-state index in [0.29, 0.717) is 15.6 Å². The molecule has 2 aromatic rings. The monoisotopic (exact) mass is 386 g/mol. The molecule has 8 heteroatoms. The van der Waals surface area contributed by atoms with E-state index in [1.54, 1.807) is 13.0 Å². The quantitative estimate of drug-likeness (QED) is 0.771. The predicted molar refractivity (Wildman–Crippen MR) is 96.3 cm³/mol. The summed E-state index contributed by atoms with van der Waals surface area (Å²) in [6, 6.07) is 3.29. The number of hydrogen-bond acceptors (Lipinski definition) is 5. The second-order valence-corrected chi connectivity index (χ2v) is 7.13. The van der Waals surface area contributed by atoms with E-state index >= 15 is 0 Å². The highest BCUT2D eigenvalue weighted by molar-refractivity contribution is 7.14. The van der Waals surface area contributed by atoms with Crippen molar-refractivity contribution in [3.8, 4) is 0 Å². The van der Waals surface area contributed by atoms with Crippen LogP contribution in [0.25, 0.3) is 0 Å². The second kappa shape index (κ2) is 7.96. The summed E-state index contributed by atoms with van der Waals surface area (Å²) in [5, 5.41) is 3.12. The Kier molecular flexibility index (Phi) is 6.21. The highest BCUT2D eigenvalue weighted by atomic mass is 35.5. The number of nitrogens with zero attached hydrogens (tertiary/aromatic N) is 1. The number of nitrogens with one attached hydrogen (secondary N) is 1. The second-order valence-electron chi connectivity index (χ2n) is 5.06. The maximum atomic E-state index is 12.0. The molecule has 24 heavy (non-hydrogen) atoms. The largest absolute Gasteiger partial charge is 0.451 e. The summed E-state index contributed by atoms with van der Waals surface area (Å²) in [6.45, 7) is 5.24. The summed E-state index contributed by atoms with van der Waals surface area (Å²) in [6.07, 6.45) is 0.843. The van der Waals surface area contributed by atoms with Crippen LogP contribution in [0.3, 0.4) is 0 Å². The van der Waals surface area contributed by atoms with Gasteiger partial charge in [0.05, 0.1) is 15.7 Å². The smallest absolute Gasteiger partial charge is 0.348 e. The minimum absolute atomic E-state index is 0.180. The first kappa shape index (κ1) is 18.7. The van der Waals surface area contributed by atoms with Crippen molar-refractivity contribution in [3.63, 3.8) is 0 Å². The third kappa shape index (κ3) is 4.47. The van der Waals surface area contributed by atoms with Crippen molar-refractivity contribution in [2.45, 2.75) is 27.2 Å². The van der Waals surface area contributed by atoms with Gasteiger partial charge in [-0.25, -0.2) is 9.78 Å². The number of rotatable bonds is 5. The third-order valence-electron chi connectivity index (χ3n) is 3.30. The van der Waals surface area contributed by atoms with E-state index in [9.17, 15) is 9.59 Å². The van der Waals surface area contributed by atoms with Gasteiger partial charge >= 0.3 is 5.97 Å². The van der Waals surface area contributed by atoms with Gasteiger partial charge in [0.2, 0.25) is 0 Å². The summed E-state index contributed by atoms with van der Waals surface area (Å²) in [7, 11) is 0. The highest BCUT2D eigenvalue weighted by Gasteiger charge is 2.16. The molecule has 0 radical (unpaired) electrons. The Morgan fingerprint density at radius 2 is 1.96 bits per heavy atom. The van der Waals surface area contributed by atoms with E-state index in [2.05, 4.69) is 10.3 Å². The van der Waals surface area contributed by atoms with Gasteiger partial charge in [0.15, 0.2) is 12.4 Å². The number of anilines is 1. The van der Waals surface area contributed by atoms with E-state index in [0.717, 1.165) is 16.9 Å². The fourth-order valence-corrected chi connectivity index (χ4v) is 3.40. The number of carbonyl (C=O) groups is 2. The molecule has 1 N–H and O–H groups in total. The lowest BCUT2D eigenvalue weighted by Crippen LogP contribution is -2.21. The lowest BCUT2D eigenvalue weighted by molar-refractivity contribution is -0.119. The molecule has 0 atom stereocenters. The van der Waals surface area contributed by atoms with Crippen LogP contribution >= 0.6 is 34.5 Å². The molecule has 0 saturated heterocycles. The molecule has 0 spiro atoms. The van der Waals surface area contributed by atoms with Crippen molar-refractivity contribution in [3.05, 3.63) is 43.2 Å². The van der Waals surface area contributed by atoms with Crippen LogP contribution in [0.4, 0.5) is 5.82 Å². The summed E-state index contributed by atoms with van der Waals surface area (Å²) in [5.41, 5.74) is 1.64. The van der Waals surface area contributed by atoms with Crippen LogP contribution in [0.5, 0.6) is 0 Å². The number of aryl methyl sites for hydroxylation is 3. The average molecular weight is 387 g/mol. The fraction of sp³-hybridized carbons (Fsp3) is 0.312. The zero-order valence-electron chi connectivity index (χ0n) is 13.4. The van der Waals surface area contributed by atoms with Crippen molar-refractivity contribution >= 4 is 52.2 Å². The zero-order chi connectivity index (χ0) is 17.9. The van der Waals surface area contributed by atoms with Gasteiger partial charge < -0.3 is 10.1 Å². The van der Waals surface area contributed by atoms with Crippen molar-refractivity contribution in [2.75, 3.05) is 11.9 Å². The lowest BCUT2D eigenvalue weighted by Gasteiger charge is -2.08. The average Bonchev–Trinajstić information content (AvgIpc) is 2.91. The number of ether oxygens (including phenoxy) is 1. The Morgan fingerprint density at radius 1 is 1.25 bits per heavy atom. The first-order chi connectivity index (χ1) is 11.3. The molecular formula is C16H16Cl2N2O3S. The molecule has 1 amide bonds. The molecular weight excluding hydrogens is 371 g/mol. The van der Waals surface area contributed by atoms with E-state index in [-0.39, 0.29) is 10.8 Å². The SMILES string of the molecule is CCc1cc(C(=O)OCC(=O)Nc2nc(C)c(Cl)cc2Cl)sc1C. The molecule has 0 unspecified atom stereocenters. The molecule has 0 aliphatic carbocycles. The summed E-state index contributed by atoms with van der Waals surface area (Å²) >= 11 is 13.2. The van der Waals surface area contributed by atoms with Crippen LogP contribution < -0.4 is 5.32 Å². The van der Waals surface area contributed by atoms with Gasteiger partial charge in [-0.05, 0) is 38.0 Å². The van der Waals surface area contributed by atoms with E-state index < -0.39 is 18.5 Å². The molecule has 0 aromatic carbocycles. The summed E-state index contributed by atoms with van der Waals surface area (Å²) in [5.74, 6) is -0.868. The maximum absolute atomic E-state index is 12.0. The zero-order valence-corrected chi connectivity index (χ0v) is 15.7. The normalized spacial score (nSPS) is 10.5. The Labute approximate surface area is 153 Å². The minimum atomic E-state index is -0.525. The van der Waals surface area contributed by atoms with E-state index in [4.69, 9.17) is 27.9 Å². The number of aromatic nitrogens is 1. The third-order valence-corrected chi connectivity index (χ3v) is 5.04. The molecule has 5 nitrogen and oxygen atoms in total. The van der Waals surface area contributed by atoms with Gasteiger partial charge in [-0.1, -0.05) is 30.1 Å². The van der Waals surface area contributed by atoms with Crippen LogP contribution in [-0.2, 0) is 16.0 Å². The molecule has 2 aromatic heterocycles. The number of amides is 1. The molecule has 0 aliphatic heterocycles. The van der Waals surface area contributed by atoms with Gasteiger partial charge in [0.1, 0.15) is 4.88 Å². The number of pyridine rings is 1. The van der Waals surface area contributed by atoms with Crippen molar-refractivity contribution in [2.24, 2.45) is 0 Å². The number of carbonyl (C=O) groups excluding carboxylic acids is 2. The van der Waals surface area contributed by atoms with Gasteiger partial charge in [-0.15, -0.1) is 11.3 Å². The Morgan fingerprint density at radius 3 is 2.58 bits per heavy atom. The Balaban J connectivity index is 1.95. The van der Waals surface area contributed by atoms with Crippen molar-refractivity contribution in [1.29, 1.82) is 0 Å². The number of halogens is 2. The van der Waals surface area contributed by atoms with Gasteiger partial charge in [0, 0.05) is 4.88 Å². The molecule has 2 rings (SSSR count). The van der Waals surface area contributed by atoms with E-state index in [1.807, 2.05) is 13.8 Å². The van der Waals surface area contributed by atoms with Crippen molar-refractivity contribution in [1.82, 2.24) is 4.98 Å².